The van der Waals surface area contributed by atoms with Crippen LogP contribution in [0.15, 0.2) is 61.9 Å². The number of ether oxygens (including phenoxy) is 1. The van der Waals surface area contributed by atoms with Crippen molar-refractivity contribution in [1.29, 1.82) is 0 Å². The van der Waals surface area contributed by atoms with Gasteiger partial charge in [0.05, 0.1) is 33.5 Å². The molecule has 10 heteroatoms. The van der Waals surface area contributed by atoms with E-state index in [1.54, 1.807) is 13.8 Å². The average Bonchev–Trinajstić information content (AvgIpc) is 3.06. The Kier molecular flexibility index (Phi) is 6.81. The van der Waals surface area contributed by atoms with Gasteiger partial charge in [0.2, 0.25) is 0 Å². The Labute approximate surface area is 211 Å². The standard InChI is InChI=1S/C23H17BrCl2N2O4S/c1-3-32-22(31)18-11(2)27-23-28(19(18)12-4-6-14(24)7-5-12)21(30)17(33-23)9-13-8-15(25)10-16(26)20(13)29/h4-10,19,29H,3H2,1-2H3/b17-9+/t19-/m0/s1. The Morgan fingerprint density at radius 1 is 1.30 bits per heavy atom. The molecule has 2 heterocycles. The van der Waals surface area contributed by atoms with Crippen LogP contribution in [0.25, 0.3) is 6.08 Å². The molecule has 0 aliphatic carbocycles. The number of thiazole rings is 1. The molecule has 0 fully saturated rings. The number of carbonyl (C=O) groups excluding carboxylic acids is 1. The van der Waals surface area contributed by atoms with Gasteiger partial charge < -0.3 is 9.84 Å². The summed E-state index contributed by atoms with van der Waals surface area (Å²) in [5, 5.41) is 10.7. The Morgan fingerprint density at radius 3 is 2.67 bits per heavy atom. The molecule has 4 rings (SSSR count). The second-order valence-electron chi connectivity index (χ2n) is 7.18. The molecule has 0 bridgehead atoms. The average molecular weight is 568 g/mol. The van der Waals surface area contributed by atoms with E-state index in [9.17, 15) is 14.7 Å². The zero-order valence-corrected chi connectivity index (χ0v) is 21.3. The number of benzene rings is 2. The summed E-state index contributed by atoms with van der Waals surface area (Å²) in [5.41, 5.74) is 1.45. The van der Waals surface area contributed by atoms with Crippen LogP contribution in [0, 0.1) is 0 Å². The fraction of sp³-hybridized carbons (Fsp3) is 0.174. The zero-order valence-electron chi connectivity index (χ0n) is 17.4. The number of hydrogen-bond acceptors (Lipinski definition) is 6. The van der Waals surface area contributed by atoms with Gasteiger partial charge in [-0.1, -0.05) is 62.6 Å². The molecule has 3 aromatic rings. The van der Waals surface area contributed by atoms with Gasteiger partial charge in [0.25, 0.3) is 5.56 Å². The minimum atomic E-state index is -0.716. The molecule has 0 radical (unpaired) electrons. The Hall–Kier alpha value is -2.39. The highest BCUT2D eigenvalue weighted by Crippen LogP contribution is 2.33. The van der Waals surface area contributed by atoms with Crippen molar-refractivity contribution in [3.63, 3.8) is 0 Å². The maximum atomic E-state index is 13.5. The Morgan fingerprint density at radius 2 is 2.00 bits per heavy atom. The van der Waals surface area contributed by atoms with E-state index in [1.165, 1.54) is 22.8 Å². The van der Waals surface area contributed by atoms with E-state index in [0.717, 1.165) is 21.4 Å². The Balaban J connectivity index is 1.98. The van der Waals surface area contributed by atoms with E-state index in [0.29, 0.717) is 31.2 Å². The smallest absolute Gasteiger partial charge is 0.338 e. The number of allylic oxidation sites excluding steroid dienone is 1. The van der Waals surface area contributed by atoms with E-state index in [1.807, 2.05) is 24.3 Å². The first-order valence-electron chi connectivity index (χ1n) is 9.84. The van der Waals surface area contributed by atoms with Crippen LogP contribution in [0.2, 0.25) is 10.0 Å². The lowest BCUT2D eigenvalue weighted by Crippen LogP contribution is -2.39. The summed E-state index contributed by atoms with van der Waals surface area (Å²) in [6.07, 6.45) is 1.51. The van der Waals surface area contributed by atoms with E-state index < -0.39 is 12.0 Å². The van der Waals surface area contributed by atoms with Crippen LogP contribution < -0.4 is 14.9 Å². The first kappa shape index (κ1) is 23.8. The fourth-order valence-corrected chi connectivity index (χ4v) is 5.40. The maximum absolute atomic E-state index is 13.5. The number of nitrogens with zero attached hydrogens (tertiary/aromatic N) is 2. The van der Waals surface area contributed by atoms with Crippen molar-refractivity contribution in [1.82, 2.24) is 4.57 Å². The lowest BCUT2D eigenvalue weighted by atomic mass is 9.96. The van der Waals surface area contributed by atoms with Crippen LogP contribution in [0.5, 0.6) is 5.75 Å². The van der Waals surface area contributed by atoms with Crippen LogP contribution in [0.3, 0.4) is 0 Å². The number of esters is 1. The number of hydrogen-bond donors (Lipinski definition) is 1. The van der Waals surface area contributed by atoms with Gasteiger partial charge in [-0.3, -0.25) is 9.36 Å². The fourth-order valence-electron chi connectivity index (χ4n) is 3.59. The van der Waals surface area contributed by atoms with E-state index in [2.05, 4.69) is 20.9 Å². The van der Waals surface area contributed by atoms with Crippen molar-refractivity contribution in [2.24, 2.45) is 4.99 Å². The summed E-state index contributed by atoms with van der Waals surface area (Å²) in [7, 11) is 0. The molecule has 0 saturated carbocycles. The monoisotopic (exact) mass is 566 g/mol. The first-order valence-corrected chi connectivity index (χ1v) is 12.2. The summed E-state index contributed by atoms with van der Waals surface area (Å²) in [6.45, 7) is 3.64. The van der Waals surface area contributed by atoms with Gasteiger partial charge in [-0.2, -0.15) is 0 Å². The molecule has 33 heavy (non-hydrogen) atoms. The van der Waals surface area contributed by atoms with Crippen LogP contribution in [-0.4, -0.2) is 22.2 Å². The second kappa shape index (κ2) is 9.46. The van der Waals surface area contributed by atoms with Crippen molar-refractivity contribution in [2.75, 3.05) is 6.61 Å². The molecule has 0 saturated heterocycles. The van der Waals surface area contributed by atoms with Crippen LogP contribution in [0.1, 0.15) is 31.0 Å². The summed E-state index contributed by atoms with van der Waals surface area (Å²) < 4.78 is 7.93. The quantitative estimate of drug-likeness (QED) is 0.468. The molecule has 1 N–H and O–H groups in total. The third-order valence-corrected chi connectivity index (χ3v) is 7.06. The predicted octanol–water partition coefficient (Wildman–Crippen LogP) is 4.57. The maximum Gasteiger partial charge on any atom is 0.338 e. The molecule has 0 spiro atoms. The number of phenols is 1. The third-order valence-electron chi connectivity index (χ3n) is 5.05. The normalized spacial score (nSPS) is 15.9. The van der Waals surface area contributed by atoms with Gasteiger partial charge in [-0.05, 0) is 49.8 Å². The van der Waals surface area contributed by atoms with E-state index in [4.69, 9.17) is 27.9 Å². The molecule has 0 unspecified atom stereocenters. The molecular weight excluding hydrogens is 551 g/mol. The SMILES string of the molecule is CCOC(=O)C1=C(C)N=c2s/c(=C/c3cc(Cl)cc(Cl)c3O)c(=O)n2[C@H]1c1ccc(Br)cc1. The summed E-state index contributed by atoms with van der Waals surface area (Å²) >= 11 is 16.7. The molecule has 1 aromatic heterocycles. The van der Waals surface area contributed by atoms with E-state index >= 15 is 0 Å². The molecule has 1 aliphatic heterocycles. The predicted molar refractivity (Wildman–Crippen MR) is 133 cm³/mol. The van der Waals surface area contributed by atoms with Crippen LogP contribution in [0.4, 0.5) is 0 Å². The summed E-state index contributed by atoms with van der Waals surface area (Å²) in [4.78, 5) is 31.3. The van der Waals surface area contributed by atoms with Gasteiger partial charge in [0.15, 0.2) is 4.80 Å². The summed E-state index contributed by atoms with van der Waals surface area (Å²) in [6, 6.07) is 9.58. The molecular formula is C23H17BrCl2N2O4S. The largest absolute Gasteiger partial charge is 0.506 e. The van der Waals surface area contributed by atoms with Crippen molar-refractivity contribution in [2.45, 2.75) is 19.9 Å². The number of fused-ring (bicyclic) bond motifs is 1. The van der Waals surface area contributed by atoms with Gasteiger partial charge in [-0.15, -0.1) is 0 Å². The molecule has 2 aromatic carbocycles. The van der Waals surface area contributed by atoms with Crippen LogP contribution >= 0.6 is 50.5 Å². The minimum absolute atomic E-state index is 0.0784. The lowest BCUT2D eigenvalue weighted by molar-refractivity contribution is -0.139. The number of phenolic OH excluding ortho intramolecular Hbond substituents is 1. The highest BCUT2D eigenvalue weighted by atomic mass is 79.9. The molecule has 1 aliphatic rings. The molecule has 1 atom stereocenters. The Bertz CT molecular complexity index is 1480. The van der Waals surface area contributed by atoms with Crippen molar-refractivity contribution in [3.05, 3.63) is 93.0 Å². The second-order valence-corrected chi connectivity index (χ2v) is 9.95. The number of aromatic hydroxyl groups is 1. The van der Waals surface area contributed by atoms with Gasteiger partial charge in [0, 0.05) is 15.1 Å². The third kappa shape index (κ3) is 4.53. The first-order chi connectivity index (χ1) is 15.7. The van der Waals surface area contributed by atoms with Gasteiger partial charge in [-0.25, -0.2) is 9.79 Å². The highest BCUT2D eigenvalue weighted by Gasteiger charge is 2.33. The van der Waals surface area contributed by atoms with E-state index in [-0.39, 0.29) is 22.9 Å². The van der Waals surface area contributed by atoms with Gasteiger partial charge in [0.1, 0.15) is 5.75 Å². The molecule has 170 valence electrons. The molecule has 0 amide bonds. The van der Waals surface area contributed by atoms with Crippen molar-refractivity contribution < 1.29 is 14.6 Å². The highest BCUT2D eigenvalue weighted by molar-refractivity contribution is 9.10. The number of rotatable bonds is 4. The van der Waals surface area contributed by atoms with Crippen LogP contribution in [-0.2, 0) is 9.53 Å². The minimum Gasteiger partial charge on any atom is -0.506 e. The van der Waals surface area contributed by atoms with Crippen molar-refractivity contribution in [3.8, 4) is 5.75 Å². The number of aromatic nitrogens is 1. The number of carbonyl (C=O) groups is 1. The van der Waals surface area contributed by atoms with Crippen molar-refractivity contribution >= 4 is 62.5 Å². The topological polar surface area (TPSA) is 80.9 Å². The summed E-state index contributed by atoms with van der Waals surface area (Å²) in [5.74, 6) is -0.708. The molecule has 6 nitrogen and oxygen atoms in total. The lowest BCUT2D eigenvalue weighted by Gasteiger charge is -2.24. The zero-order chi connectivity index (χ0) is 23.9. The number of halogens is 3. The van der Waals surface area contributed by atoms with Gasteiger partial charge >= 0.3 is 5.97 Å².